The number of carboxylic acids is 4. The first-order chi connectivity index (χ1) is 23.6. The largest absolute Gasteiger partial charge is 0.486 e. The van der Waals surface area contributed by atoms with E-state index in [1.165, 1.54) is 24.5 Å². The number of ether oxygens (including phenoxy) is 2. The Morgan fingerprint density at radius 2 is 1.58 bits per heavy atom. The minimum atomic E-state index is -1.26. The van der Waals surface area contributed by atoms with Crippen molar-refractivity contribution in [2.75, 3.05) is 44.5 Å². The van der Waals surface area contributed by atoms with Crippen molar-refractivity contribution < 1.29 is 58.3 Å². The number of halogens is 2. The third kappa shape index (κ3) is 15.3. The number of carbonyl (C=O) groups excluding carboxylic acids is 1. The Morgan fingerprint density at radius 1 is 0.960 bits per heavy atom. The van der Waals surface area contributed by atoms with Crippen LogP contribution in [-0.2, 0) is 28.7 Å². The zero-order chi connectivity index (χ0) is 37.2. The topological polar surface area (TPSA) is 238 Å². The van der Waals surface area contributed by atoms with Crippen molar-refractivity contribution >= 4 is 69.5 Å². The first-order valence-electron chi connectivity index (χ1n) is 14.3. The molecule has 2 heterocycles. The molecule has 1 aliphatic heterocycles. The van der Waals surface area contributed by atoms with Crippen LogP contribution in [0, 0.1) is 5.82 Å². The van der Waals surface area contributed by atoms with Gasteiger partial charge in [0.2, 0.25) is 5.91 Å². The van der Waals surface area contributed by atoms with Crippen LogP contribution in [0.4, 0.5) is 21.6 Å². The van der Waals surface area contributed by atoms with Gasteiger partial charge in [-0.05, 0) is 38.4 Å². The van der Waals surface area contributed by atoms with E-state index in [1.807, 2.05) is 19.0 Å². The van der Waals surface area contributed by atoms with Crippen LogP contribution < -0.4 is 15.4 Å². The summed E-state index contributed by atoms with van der Waals surface area (Å²) in [6.07, 6.45) is 7.55. The number of likely N-dealkylation sites (N-methyl/N-ethyl adjacent to an activating group) is 1. The van der Waals surface area contributed by atoms with E-state index in [1.54, 1.807) is 24.3 Å². The lowest BCUT2D eigenvalue weighted by atomic mass is 10.1. The van der Waals surface area contributed by atoms with E-state index in [0.29, 0.717) is 77.9 Å². The maximum atomic E-state index is 13.6. The molecular formula is C32H33ClFN5O11. The van der Waals surface area contributed by atoms with Crippen LogP contribution in [0.5, 0.6) is 5.75 Å². The van der Waals surface area contributed by atoms with Crippen LogP contribution in [0.2, 0.25) is 5.02 Å². The number of nitrogens with one attached hydrogen (secondary N) is 2. The number of aliphatic carboxylic acids is 4. The molecule has 0 saturated carbocycles. The van der Waals surface area contributed by atoms with E-state index in [0.717, 1.165) is 6.42 Å². The summed E-state index contributed by atoms with van der Waals surface area (Å²) in [5, 5.41) is 37.9. The summed E-state index contributed by atoms with van der Waals surface area (Å²) in [6.45, 7) is 1.75. The van der Waals surface area contributed by atoms with Crippen molar-refractivity contribution in [3.63, 3.8) is 0 Å². The van der Waals surface area contributed by atoms with Crippen LogP contribution in [-0.4, -0.2) is 105 Å². The maximum Gasteiger partial charge on any atom is 0.328 e. The molecule has 0 radical (unpaired) electrons. The first kappa shape index (κ1) is 40.3. The molecule has 0 unspecified atom stereocenters. The van der Waals surface area contributed by atoms with Gasteiger partial charge in [-0.25, -0.2) is 33.5 Å². The summed E-state index contributed by atoms with van der Waals surface area (Å²) in [4.78, 5) is 61.4. The van der Waals surface area contributed by atoms with Crippen molar-refractivity contribution in [3.05, 3.63) is 84.0 Å². The molecule has 266 valence electrons. The monoisotopic (exact) mass is 717 g/mol. The third-order valence-corrected chi connectivity index (χ3v) is 6.12. The Hall–Kier alpha value is -5.91. The van der Waals surface area contributed by atoms with Gasteiger partial charge >= 0.3 is 23.9 Å². The lowest BCUT2D eigenvalue weighted by molar-refractivity contribution is -0.134. The second-order valence-electron chi connectivity index (χ2n) is 10.1. The van der Waals surface area contributed by atoms with Crippen LogP contribution >= 0.6 is 11.6 Å². The molecule has 1 amide bonds. The molecule has 18 heteroatoms. The molecule has 16 nitrogen and oxygen atoms in total. The summed E-state index contributed by atoms with van der Waals surface area (Å²) in [6, 6.07) is 7.82. The van der Waals surface area contributed by atoms with Crippen molar-refractivity contribution in [1.29, 1.82) is 0 Å². The van der Waals surface area contributed by atoms with Crippen LogP contribution in [0.3, 0.4) is 0 Å². The Kier molecular flexibility index (Phi) is 16.5. The molecule has 6 N–H and O–H groups in total. The van der Waals surface area contributed by atoms with Crippen molar-refractivity contribution in [1.82, 2.24) is 14.9 Å². The van der Waals surface area contributed by atoms with E-state index < -0.39 is 29.7 Å². The fourth-order valence-corrected chi connectivity index (χ4v) is 3.89. The standard InChI is InChI=1S/C24H25ClFN5O3.2C4H4O4/c1-31(2)8-3-4-23(32)30-21-11-17-20(12-22(21)34-16-7-9-33-13-16)27-14-28-24(17)29-15-5-6-19(26)18(25)10-15;2*5-3(6)1-2-4(7)8/h3-6,10-12,14,16H,7-9,13H2,1-2H3,(H,30,32)(H,27,28,29);2*1-2H,(H,5,6)(H,7,8)/b4-3+;;/t16-;;/m0../s1. The number of benzene rings is 2. The number of nitrogens with zero attached hydrogens (tertiary/aromatic N) is 3. The summed E-state index contributed by atoms with van der Waals surface area (Å²) in [5.74, 6) is -4.86. The molecule has 1 atom stereocenters. The minimum absolute atomic E-state index is 0.00436. The second kappa shape index (κ2) is 20.5. The molecular weight excluding hydrogens is 685 g/mol. The second-order valence-corrected chi connectivity index (χ2v) is 10.5. The molecule has 50 heavy (non-hydrogen) atoms. The number of amides is 1. The number of carbonyl (C=O) groups is 5. The summed E-state index contributed by atoms with van der Waals surface area (Å²) in [7, 11) is 3.84. The summed E-state index contributed by atoms with van der Waals surface area (Å²) in [5.41, 5.74) is 1.65. The molecule has 1 aromatic heterocycles. The molecule has 0 aliphatic carbocycles. The lowest BCUT2D eigenvalue weighted by Crippen LogP contribution is -2.18. The quantitative estimate of drug-likeness (QED) is 0.146. The zero-order valence-corrected chi connectivity index (χ0v) is 27.3. The van der Waals surface area contributed by atoms with Gasteiger partial charge in [-0.1, -0.05) is 17.7 Å². The Morgan fingerprint density at radius 3 is 2.10 bits per heavy atom. The number of carboxylic acid groups (broad SMARTS) is 4. The number of hydrogen-bond acceptors (Lipinski definition) is 11. The van der Waals surface area contributed by atoms with E-state index in [2.05, 4.69) is 20.6 Å². The predicted octanol–water partition coefficient (Wildman–Crippen LogP) is 3.81. The SMILES string of the molecule is CN(C)C/C=C/C(=O)Nc1cc2c(Nc3ccc(F)c(Cl)c3)ncnc2cc1O[C@H]1CCOC1.O=C(O)C=CC(=O)O.O=C(O)C=CC(=O)O. The Labute approximate surface area is 289 Å². The average molecular weight is 718 g/mol. The highest BCUT2D eigenvalue weighted by atomic mass is 35.5. The maximum absolute atomic E-state index is 13.6. The molecule has 3 aromatic rings. The van der Waals surface area contributed by atoms with Gasteiger partial charge in [-0.2, -0.15) is 0 Å². The third-order valence-electron chi connectivity index (χ3n) is 5.84. The van der Waals surface area contributed by atoms with Gasteiger partial charge in [0.05, 0.1) is 29.4 Å². The first-order valence-corrected chi connectivity index (χ1v) is 14.7. The highest BCUT2D eigenvalue weighted by molar-refractivity contribution is 6.31. The van der Waals surface area contributed by atoms with E-state index in [-0.39, 0.29) is 17.0 Å². The van der Waals surface area contributed by atoms with Crippen molar-refractivity contribution in [3.8, 4) is 5.75 Å². The zero-order valence-electron chi connectivity index (χ0n) is 26.6. The summed E-state index contributed by atoms with van der Waals surface area (Å²) >= 11 is 5.91. The van der Waals surface area contributed by atoms with Gasteiger partial charge in [-0.15, -0.1) is 0 Å². The minimum Gasteiger partial charge on any atom is -0.486 e. The van der Waals surface area contributed by atoms with Gasteiger partial charge in [0.1, 0.15) is 29.8 Å². The smallest absolute Gasteiger partial charge is 0.328 e. The Bertz CT molecular complexity index is 1710. The molecule has 0 bridgehead atoms. The van der Waals surface area contributed by atoms with Gasteiger partial charge in [0.15, 0.2) is 0 Å². The molecule has 0 spiro atoms. The average Bonchev–Trinajstić information content (AvgIpc) is 3.55. The van der Waals surface area contributed by atoms with Gasteiger partial charge in [0, 0.05) is 60.5 Å². The fourth-order valence-electron chi connectivity index (χ4n) is 3.70. The number of rotatable bonds is 12. The molecule has 1 saturated heterocycles. The molecule has 4 rings (SSSR count). The number of hydrogen-bond donors (Lipinski definition) is 6. The van der Waals surface area contributed by atoms with E-state index >= 15 is 0 Å². The van der Waals surface area contributed by atoms with Crippen LogP contribution in [0.15, 0.2) is 73.1 Å². The van der Waals surface area contributed by atoms with Gasteiger partial charge in [-0.3, -0.25) is 4.79 Å². The molecule has 2 aromatic carbocycles. The normalized spacial score (nSPS) is 13.8. The number of aromatic nitrogens is 2. The lowest BCUT2D eigenvalue weighted by Gasteiger charge is -2.17. The highest BCUT2D eigenvalue weighted by Gasteiger charge is 2.21. The van der Waals surface area contributed by atoms with Gasteiger partial charge < -0.3 is 45.4 Å². The predicted molar refractivity (Wildman–Crippen MR) is 179 cm³/mol. The van der Waals surface area contributed by atoms with E-state index in [9.17, 15) is 28.4 Å². The van der Waals surface area contributed by atoms with Crippen molar-refractivity contribution in [2.45, 2.75) is 12.5 Å². The summed E-state index contributed by atoms with van der Waals surface area (Å²) < 4.78 is 25.1. The number of anilines is 3. The highest BCUT2D eigenvalue weighted by Crippen LogP contribution is 2.35. The van der Waals surface area contributed by atoms with Crippen LogP contribution in [0.25, 0.3) is 10.9 Å². The van der Waals surface area contributed by atoms with Crippen molar-refractivity contribution in [2.24, 2.45) is 0 Å². The fraction of sp³-hybridized carbons (Fsp3) is 0.219. The van der Waals surface area contributed by atoms with E-state index in [4.69, 9.17) is 41.5 Å². The molecule has 1 aliphatic rings. The molecule has 1 fully saturated rings. The Balaban J connectivity index is 0.000000450. The van der Waals surface area contributed by atoms with Gasteiger partial charge in [0.25, 0.3) is 0 Å². The van der Waals surface area contributed by atoms with Crippen LogP contribution in [0.1, 0.15) is 6.42 Å². The number of fused-ring (bicyclic) bond motifs is 1.